The second-order valence-corrected chi connectivity index (χ2v) is 12.6. The van der Waals surface area contributed by atoms with Gasteiger partial charge in [0.2, 0.25) is 10.0 Å². The average Bonchev–Trinajstić information content (AvgIpc) is 3.60. The Kier molecular flexibility index (Phi) is 7.19. The molecule has 0 aliphatic rings. The Bertz CT molecular complexity index is 2190. The first-order valence-electron chi connectivity index (χ1n) is 13.7. The van der Waals surface area contributed by atoms with Crippen molar-refractivity contribution in [3.63, 3.8) is 0 Å². The van der Waals surface area contributed by atoms with E-state index in [1.807, 2.05) is 19.1 Å². The molecule has 0 saturated heterocycles. The number of pyridine rings is 1. The highest BCUT2D eigenvalue weighted by Crippen LogP contribution is 2.43. The Morgan fingerprint density at radius 2 is 1.62 bits per heavy atom. The number of alkyl halides is 3. The number of fused-ring (bicyclic) bond motifs is 2. The fourth-order valence-electron chi connectivity index (χ4n) is 5.12. The summed E-state index contributed by atoms with van der Waals surface area (Å²) in [6.45, 7) is 1.91. The van der Waals surface area contributed by atoms with Crippen LogP contribution in [0.4, 0.5) is 18.9 Å². The van der Waals surface area contributed by atoms with Crippen molar-refractivity contribution in [1.29, 1.82) is 0 Å². The van der Waals surface area contributed by atoms with Gasteiger partial charge in [-0.1, -0.05) is 48.0 Å². The summed E-state index contributed by atoms with van der Waals surface area (Å²) in [7, 11) is -1.19. The van der Waals surface area contributed by atoms with Gasteiger partial charge in [-0.3, -0.25) is 9.10 Å². The van der Waals surface area contributed by atoms with Crippen molar-refractivity contribution in [2.24, 2.45) is 0 Å². The van der Waals surface area contributed by atoms with E-state index in [1.165, 1.54) is 32.3 Å². The molecule has 3 aromatic heterocycles. The third-order valence-corrected chi connectivity index (χ3v) is 8.70. The molecule has 12 heteroatoms. The minimum atomic E-state index is -4.84. The number of aryl methyl sites for hydroxylation is 1. The largest absolute Gasteiger partial charge is 0.456 e. The van der Waals surface area contributed by atoms with Crippen molar-refractivity contribution in [2.45, 2.75) is 13.1 Å². The smallest absolute Gasteiger partial charge is 0.433 e. The van der Waals surface area contributed by atoms with Crippen LogP contribution in [0.5, 0.6) is 0 Å². The number of carbonyl (C=O) groups excluding carboxylic acids is 1. The van der Waals surface area contributed by atoms with Gasteiger partial charge in [0.15, 0.2) is 0 Å². The quantitative estimate of drug-likeness (QED) is 0.202. The van der Waals surface area contributed by atoms with Gasteiger partial charge in [0.1, 0.15) is 28.4 Å². The molecule has 1 amide bonds. The molecule has 45 heavy (non-hydrogen) atoms. The lowest BCUT2D eigenvalue weighted by molar-refractivity contribution is -0.141. The molecule has 0 aliphatic carbocycles. The maximum Gasteiger partial charge on any atom is 0.433 e. The predicted octanol–water partition coefficient (Wildman–Crippen LogP) is 7.66. The minimum Gasteiger partial charge on any atom is -0.456 e. The van der Waals surface area contributed by atoms with Gasteiger partial charge in [-0.25, -0.2) is 13.4 Å². The molecule has 8 nitrogen and oxygen atoms in total. The normalized spacial score (nSPS) is 12.2. The number of para-hydroxylation sites is 1. The van der Waals surface area contributed by atoms with Crippen LogP contribution in [0.3, 0.4) is 0 Å². The van der Waals surface area contributed by atoms with Crippen molar-refractivity contribution in [1.82, 2.24) is 10.3 Å². The van der Waals surface area contributed by atoms with Gasteiger partial charge in [-0.15, -0.1) is 0 Å². The zero-order chi connectivity index (χ0) is 32.3. The number of hydrogen-bond acceptors (Lipinski definition) is 6. The molecule has 230 valence electrons. The number of sulfonamides is 1. The van der Waals surface area contributed by atoms with E-state index < -0.39 is 27.8 Å². The summed E-state index contributed by atoms with van der Waals surface area (Å²) in [5.41, 5.74) is 1.05. The SMILES string of the molecule is CNC(=O)c1c(-c2ccc(C)cc2)oc2cc(N(C)S(C)(=O)=O)c(-c3cc(-c4cc5ccccc5o4)cc(C(F)(F)F)n3)cc12. The highest BCUT2D eigenvalue weighted by atomic mass is 32.2. The molecule has 1 N–H and O–H groups in total. The van der Waals surface area contributed by atoms with Gasteiger partial charge < -0.3 is 14.2 Å². The molecule has 6 aromatic rings. The first kappa shape index (κ1) is 29.9. The van der Waals surface area contributed by atoms with E-state index in [-0.39, 0.29) is 50.6 Å². The molecule has 0 unspecified atom stereocenters. The molecular formula is C33H26F3N3O5S. The number of carbonyl (C=O) groups is 1. The Hall–Kier alpha value is -5.10. The fraction of sp³-hybridized carbons (Fsp3) is 0.152. The maximum atomic E-state index is 14.3. The van der Waals surface area contributed by atoms with Gasteiger partial charge in [0.25, 0.3) is 5.91 Å². The Labute approximate surface area is 256 Å². The second kappa shape index (κ2) is 10.8. The van der Waals surface area contributed by atoms with E-state index in [0.717, 1.165) is 22.2 Å². The summed E-state index contributed by atoms with van der Waals surface area (Å²) in [5.74, 6) is -0.116. The molecule has 6 rings (SSSR count). The maximum absolute atomic E-state index is 14.3. The number of anilines is 1. The molecular weight excluding hydrogens is 607 g/mol. The summed E-state index contributed by atoms with van der Waals surface area (Å²) in [5, 5.41) is 3.54. The Balaban J connectivity index is 1.68. The average molecular weight is 634 g/mol. The van der Waals surface area contributed by atoms with Gasteiger partial charge in [0.05, 0.1) is 23.2 Å². The van der Waals surface area contributed by atoms with Crippen LogP contribution in [0.15, 0.2) is 87.7 Å². The molecule has 0 bridgehead atoms. The van der Waals surface area contributed by atoms with Gasteiger partial charge in [-0.05, 0) is 37.3 Å². The van der Waals surface area contributed by atoms with Gasteiger partial charge in [0, 0.05) is 47.6 Å². The van der Waals surface area contributed by atoms with Crippen LogP contribution in [0.2, 0.25) is 0 Å². The molecule has 0 atom stereocenters. The van der Waals surface area contributed by atoms with Crippen LogP contribution in [-0.2, 0) is 16.2 Å². The molecule has 3 heterocycles. The summed E-state index contributed by atoms with van der Waals surface area (Å²) in [4.78, 5) is 17.2. The van der Waals surface area contributed by atoms with Crippen LogP contribution in [0.1, 0.15) is 21.6 Å². The minimum absolute atomic E-state index is 0.0000400. The van der Waals surface area contributed by atoms with Crippen LogP contribution >= 0.6 is 0 Å². The number of furan rings is 2. The predicted molar refractivity (Wildman–Crippen MR) is 166 cm³/mol. The van der Waals surface area contributed by atoms with Gasteiger partial charge >= 0.3 is 6.18 Å². The first-order valence-corrected chi connectivity index (χ1v) is 15.5. The van der Waals surface area contributed by atoms with E-state index in [2.05, 4.69) is 10.3 Å². The van der Waals surface area contributed by atoms with Crippen molar-refractivity contribution in [2.75, 3.05) is 24.7 Å². The number of aromatic nitrogens is 1. The third kappa shape index (κ3) is 5.53. The van der Waals surface area contributed by atoms with E-state index in [1.54, 1.807) is 42.5 Å². The fourth-order valence-corrected chi connectivity index (χ4v) is 5.62. The number of halogens is 3. The third-order valence-electron chi connectivity index (χ3n) is 7.51. The number of benzene rings is 3. The molecule has 0 saturated carbocycles. The lowest BCUT2D eigenvalue weighted by Gasteiger charge is -2.21. The number of amides is 1. The Morgan fingerprint density at radius 1 is 0.911 bits per heavy atom. The van der Waals surface area contributed by atoms with Crippen molar-refractivity contribution in [3.8, 4) is 33.9 Å². The summed E-state index contributed by atoms with van der Waals surface area (Å²) in [6, 6.07) is 21.0. The number of rotatable bonds is 6. The molecule has 0 fully saturated rings. The highest BCUT2D eigenvalue weighted by Gasteiger charge is 2.35. The van der Waals surface area contributed by atoms with E-state index in [9.17, 15) is 26.4 Å². The first-order chi connectivity index (χ1) is 21.2. The number of nitrogens with zero attached hydrogens (tertiary/aromatic N) is 2. The van der Waals surface area contributed by atoms with Crippen LogP contribution in [0, 0.1) is 6.92 Å². The van der Waals surface area contributed by atoms with E-state index >= 15 is 0 Å². The molecule has 0 aliphatic heterocycles. The number of hydrogen-bond donors (Lipinski definition) is 1. The summed E-state index contributed by atoms with van der Waals surface area (Å²) in [6.07, 6.45) is -3.87. The molecule has 3 aromatic carbocycles. The second-order valence-electron chi connectivity index (χ2n) is 10.6. The van der Waals surface area contributed by atoms with Crippen molar-refractivity contribution < 1.29 is 35.2 Å². The molecule has 0 spiro atoms. The van der Waals surface area contributed by atoms with Crippen LogP contribution < -0.4 is 9.62 Å². The summed E-state index contributed by atoms with van der Waals surface area (Å²) < 4.78 is 81.2. The lowest BCUT2D eigenvalue weighted by Crippen LogP contribution is -2.25. The zero-order valence-corrected chi connectivity index (χ0v) is 25.3. The van der Waals surface area contributed by atoms with Crippen LogP contribution in [0.25, 0.3) is 55.8 Å². The number of nitrogens with one attached hydrogen (secondary N) is 1. The summed E-state index contributed by atoms with van der Waals surface area (Å²) >= 11 is 0. The Morgan fingerprint density at radius 3 is 2.27 bits per heavy atom. The van der Waals surface area contributed by atoms with Crippen LogP contribution in [-0.4, -0.2) is 39.7 Å². The van der Waals surface area contributed by atoms with E-state index in [4.69, 9.17) is 8.83 Å². The standard InChI is InChI=1S/C33H26F3N3O5S/c1-18-9-11-19(12-10-18)31-30(32(40)37-2)23-16-22(25(17-28(23)44-31)39(3)45(4,41)42)24-13-21(15-29(38-24)33(34,35)36)27-14-20-7-5-6-8-26(20)43-27/h5-17H,1-4H3,(H,37,40). The molecule has 0 radical (unpaired) electrons. The van der Waals surface area contributed by atoms with Crippen molar-refractivity contribution >= 4 is 43.6 Å². The monoisotopic (exact) mass is 633 g/mol. The zero-order valence-electron chi connectivity index (χ0n) is 24.5. The lowest BCUT2D eigenvalue weighted by atomic mass is 9.99. The van der Waals surface area contributed by atoms with E-state index in [0.29, 0.717) is 16.5 Å². The van der Waals surface area contributed by atoms with Gasteiger partial charge in [-0.2, -0.15) is 13.2 Å². The highest BCUT2D eigenvalue weighted by molar-refractivity contribution is 7.92. The topological polar surface area (TPSA) is 106 Å². The van der Waals surface area contributed by atoms with Crippen molar-refractivity contribution in [3.05, 3.63) is 95.7 Å².